The molecule has 2 saturated heterocycles. The van der Waals surface area contributed by atoms with Crippen LogP contribution >= 0.6 is 36.4 Å². The second-order valence-corrected chi connectivity index (χ2v) is 8.44. The first-order valence-corrected chi connectivity index (χ1v) is 10.6. The molecule has 0 aromatic heterocycles. The van der Waals surface area contributed by atoms with Crippen molar-refractivity contribution in [3.63, 3.8) is 0 Å². The quantitative estimate of drug-likeness (QED) is 0.738. The van der Waals surface area contributed by atoms with Crippen LogP contribution in [0, 0.1) is 0 Å². The van der Waals surface area contributed by atoms with Crippen LogP contribution < -0.4 is 5.32 Å². The minimum absolute atomic E-state index is 0. The fraction of sp³-hybridized carbons (Fsp3) is 0.667. The number of benzene rings is 1. The van der Waals surface area contributed by atoms with E-state index in [4.69, 9.17) is 16.3 Å². The largest absolute Gasteiger partial charge is 0.379 e. The molecule has 1 saturated carbocycles. The number of ether oxygens (including phenoxy) is 1. The van der Waals surface area contributed by atoms with Gasteiger partial charge < -0.3 is 15.0 Å². The Morgan fingerprint density at radius 3 is 2.52 bits per heavy atom. The van der Waals surface area contributed by atoms with E-state index in [1.165, 1.54) is 12.8 Å². The van der Waals surface area contributed by atoms with E-state index in [2.05, 4.69) is 15.1 Å². The Balaban J connectivity index is 0.00000150. The summed E-state index contributed by atoms with van der Waals surface area (Å²) in [5, 5.41) is 4.18. The summed E-state index contributed by atoms with van der Waals surface area (Å²) in [5.41, 5.74) is 1.07. The zero-order chi connectivity index (χ0) is 18.7. The number of amides is 1. The molecule has 0 bridgehead atoms. The van der Waals surface area contributed by atoms with E-state index in [-0.39, 0.29) is 42.3 Å². The molecule has 3 fully saturated rings. The number of halogens is 3. The standard InChI is InChI=1S/C21H30ClN3O2.2ClH/c22-18-6-2-1-5-17(18)19-16-23-9-10-25(19)20(26)15-21(7-3-4-8-21)24-11-13-27-14-12-24;;/h1-2,5-6,19,23H,3-4,7-16H2;2*1H. The van der Waals surface area contributed by atoms with Gasteiger partial charge in [-0.05, 0) is 24.5 Å². The maximum Gasteiger partial charge on any atom is 0.225 e. The van der Waals surface area contributed by atoms with Gasteiger partial charge in [-0.15, -0.1) is 24.8 Å². The lowest BCUT2D eigenvalue weighted by molar-refractivity contribution is -0.139. The molecule has 1 amide bonds. The number of rotatable bonds is 4. The molecule has 1 atom stereocenters. The maximum absolute atomic E-state index is 13.5. The highest BCUT2D eigenvalue weighted by Crippen LogP contribution is 2.40. The molecule has 4 rings (SSSR count). The van der Waals surface area contributed by atoms with Gasteiger partial charge in [0.2, 0.25) is 5.91 Å². The predicted octanol–water partition coefficient (Wildman–Crippen LogP) is 3.69. The van der Waals surface area contributed by atoms with Gasteiger partial charge in [0.25, 0.3) is 0 Å². The Morgan fingerprint density at radius 2 is 1.83 bits per heavy atom. The van der Waals surface area contributed by atoms with Gasteiger partial charge in [0.05, 0.1) is 19.3 Å². The van der Waals surface area contributed by atoms with Gasteiger partial charge in [-0.25, -0.2) is 0 Å². The second-order valence-electron chi connectivity index (χ2n) is 8.04. The number of nitrogens with zero attached hydrogens (tertiary/aromatic N) is 2. The van der Waals surface area contributed by atoms with Crippen LogP contribution in [0.5, 0.6) is 0 Å². The molecule has 29 heavy (non-hydrogen) atoms. The summed E-state index contributed by atoms with van der Waals surface area (Å²) in [7, 11) is 0. The average Bonchev–Trinajstić information content (AvgIpc) is 3.19. The van der Waals surface area contributed by atoms with Gasteiger partial charge in [0, 0.05) is 49.7 Å². The van der Waals surface area contributed by atoms with Crippen LogP contribution in [0.1, 0.15) is 43.7 Å². The van der Waals surface area contributed by atoms with Crippen LogP contribution in [0.25, 0.3) is 0 Å². The monoisotopic (exact) mass is 463 g/mol. The highest BCUT2D eigenvalue weighted by molar-refractivity contribution is 6.31. The van der Waals surface area contributed by atoms with E-state index in [1.807, 2.05) is 24.3 Å². The lowest BCUT2D eigenvalue weighted by Crippen LogP contribution is -2.56. The molecule has 1 aliphatic carbocycles. The summed E-state index contributed by atoms with van der Waals surface area (Å²) in [5.74, 6) is 0.273. The van der Waals surface area contributed by atoms with Crippen LogP contribution in [-0.4, -0.2) is 67.2 Å². The Morgan fingerprint density at radius 1 is 1.14 bits per heavy atom. The van der Waals surface area contributed by atoms with Crippen LogP contribution in [0.3, 0.4) is 0 Å². The molecule has 3 aliphatic rings. The van der Waals surface area contributed by atoms with Crippen molar-refractivity contribution in [3.8, 4) is 0 Å². The molecule has 8 heteroatoms. The Bertz CT molecular complexity index is 664. The summed E-state index contributed by atoms with van der Waals surface area (Å²) in [6.07, 6.45) is 5.32. The molecule has 1 aromatic rings. The number of hydrogen-bond acceptors (Lipinski definition) is 4. The van der Waals surface area contributed by atoms with Gasteiger partial charge in [0.15, 0.2) is 0 Å². The molecule has 1 N–H and O–H groups in total. The summed E-state index contributed by atoms with van der Waals surface area (Å²) < 4.78 is 5.55. The molecule has 0 radical (unpaired) electrons. The van der Waals surface area contributed by atoms with Crippen molar-refractivity contribution in [2.75, 3.05) is 45.9 Å². The number of nitrogens with one attached hydrogen (secondary N) is 1. The van der Waals surface area contributed by atoms with Crippen molar-refractivity contribution < 1.29 is 9.53 Å². The minimum atomic E-state index is 0. The Hall–Kier alpha value is -0.560. The predicted molar refractivity (Wildman–Crippen MR) is 121 cm³/mol. The Kier molecular flexibility index (Phi) is 9.52. The highest BCUT2D eigenvalue weighted by atomic mass is 35.5. The lowest BCUT2D eigenvalue weighted by atomic mass is 9.89. The fourth-order valence-electron chi connectivity index (χ4n) is 5.08. The van der Waals surface area contributed by atoms with Crippen LogP contribution in [0.4, 0.5) is 0 Å². The van der Waals surface area contributed by atoms with Crippen LogP contribution in [0.2, 0.25) is 5.02 Å². The maximum atomic E-state index is 13.5. The van der Waals surface area contributed by atoms with Crippen molar-refractivity contribution in [1.29, 1.82) is 0 Å². The van der Waals surface area contributed by atoms with Crippen molar-refractivity contribution in [2.45, 2.75) is 43.7 Å². The van der Waals surface area contributed by atoms with Gasteiger partial charge in [-0.2, -0.15) is 0 Å². The molecule has 164 valence electrons. The third kappa shape index (κ3) is 5.38. The van der Waals surface area contributed by atoms with E-state index in [0.29, 0.717) is 6.42 Å². The van der Waals surface area contributed by atoms with Crippen molar-refractivity contribution in [1.82, 2.24) is 15.1 Å². The molecule has 0 spiro atoms. The van der Waals surface area contributed by atoms with E-state index >= 15 is 0 Å². The molecular weight excluding hydrogens is 433 g/mol. The smallest absolute Gasteiger partial charge is 0.225 e. The molecule has 1 aromatic carbocycles. The van der Waals surface area contributed by atoms with Gasteiger partial charge in [0.1, 0.15) is 0 Å². The lowest BCUT2D eigenvalue weighted by Gasteiger charge is -2.45. The summed E-state index contributed by atoms with van der Waals surface area (Å²) in [4.78, 5) is 18.1. The van der Waals surface area contributed by atoms with Gasteiger partial charge in [-0.1, -0.05) is 42.6 Å². The number of hydrogen-bond donors (Lipinski definition) is 1. The summed E-state index contributed by atoms with van der Waals surface area (Å²) in [6.45, 7) is 5.81. The topological polar surface area (TPSA) is 44.8 Å². The molecule has 2 heterocycles. The third-order valence-corrected chi connectivity index (χ3v) is 6.87. The van der Waals surface area contributed by atoms with Crippen molar-refractivity contribution >= 4 is 42.3 Å². The van der Waals surface area contributed by atoms with Gasteiger partial charge in [-0.3, -0.25) is 9.69 Å². The summed E-state index contributed by atoms with van der Waals surface area (Å²) in [6, 6.07) is 7.93. The van der Waals surface area contributed by atoms with E-state index in [9.17, 15) is 4.79 Å². The third-order valence-electron chi connectivity index (χ3n) is 6.52. The first kappa shape index (κ1) is 24.7. The zero-order valence-corrected chi connectivity index (χ0v) is 19.2. The highest BCUT2D eigenvalue weighted by Gasteiger charge is 2.43. The average molecular weight is 465 g/mol. The van der Waals surface area contributed by atoms with Crippen molar-refractivity contribution in [3.05, 3.63) is 34.9 Å². The second kappa shape index (κ2) is 11.2. The zero-order valence-electron chi connectivity index (χ0n) is 16.8. The summed E-state index contributed by atoms with van der Waals surface area (Å²) >= 11 is 6.46. The van der Waals surface area contributed by atoms with Crippen LogP contribution in [-0.2, 0) is 9.53 Å². The van der Waals surface area contributed by atoms with Crippen LogP contribution in [0.15, 0.2) is 24.3 Å². The minimum Gasteiger partial charge on any atom is -0.379 e. The normalized spacial score (nSPS) is 24.4. The first-order chi connectivity index (χ1) is 13.2. The first-order valence-electron chi connectivity index (χ1n) is 10.3. The SMILES string of the molecule is Cl.Cl.O=C(CC1(N2CCOCC2)CCCC1)N1CCNCC1c1ccccc1Cl. The van der Waals surface area contributed by atoms with Gasteiger partial charge >= 0.3 is 0 Å². The van der Waals surface area contributed by atoms with E-state index < -0.39 is 0 Å². The number of piperazine rings is 1. The molecule has 5 nitrogen and oxygen atoms in total. The van der Waals surface area contributed by atoms with E-state index in [0.717, 1.165) is 69.4 Å². The van der Waals surface area contributed by atoms with Crippen molar-refractivity contribution in [2.24, 2.45) is 0 Å². The molecular formula is C21H32Cl3N3O2. The molecule has 2 aliphatic heterocycles. The Labute approximate surface area is 191 Å². The number of carbonyl (C=O) groups excluding carboxylic acids is 1. The fourth-order valence-corrected chi connectivity index (χ4v) is 5.35. The van der Waals surface area contributed by atoms with E-state index in [1.54, 1.807) is 0 Å². The number of carbonyl (C=O) groups is 1. The number of morpholine rings is 1. The molecule has 1 unspecified atom stereocenters.